The second kappa shape index (κ2) is 9.82. The smallest absolute Gasteiger partial charge is 0.330 e. The Balaban J connectivity index is 4.60. The minimum absolute atomic E-state index is 0.214. The van der Waals surface area contributed by atoms with Crippen LogP contribution in [0.5, 0.6) is 0 Å². The van der Waals surface area contributed by atoms with E-state index in [1.807, 2.05) is 32.4 Å². The molecule has 0 amide bonds. The van der Waals surface area contributed by atoms with Gasteiger partial charge in [-0.3, -0.25) is 0 Å². The molecule has 0 spiro atoms. The van der Waals surface area contributed by atoms with Gasteiger partial charge in [0, 0.05) is 18.5 Å². The first-order valence-corrected chi connectivity index (χ1v) is 7.88. The van der Waals surface area contributed by atoms with Crippen molar-refractivity contribution in [2.45, 2.75) is 64.9 Å². The van der Waals surface area contributed by atoms with Gasteiger partial charge in [0.2, 0.25) is 0 Å². The highest BCUT2D eigenvalue weighted by Gasteiger charge is 2.42. The zero-order valence-electron chi connectivity index (χ0n) is 12.3. The zero-order chi connectivity index (χ0) is 14.1. The van der Waals surface area contributed by atoms with E-state index in [1.54, 1.807) is 0 Å². The van der Waals surface area contributed by atoms with Crippen LogP contribution in [0, 0.1) is 0 Å². The van der Waals surface area contributed by atoms with Gasteiger partial charge in [-0.1, -0.05) is 4.67 Å². The predicted molar refractivity (Wildman–Crippen MR) is 74.5 cm³/mol. The van der Waals surface area contributed by atoms with Crippen LogP contribution in [0.2, 0.25) is 0 Å². The summed E-state index contributed by atoms with van der Waals surface area (Å²) in [6, 6.07) is 0.428. The van der Waals surface area contributed by atoms with Crippen molar-refractivity contribution < 1.29 is 14.3 Å². The molecule has 0 aromatic heterocycles. The van der Waals surface area contributed by atoms with Gasteiger partial charge in [-0.05, 0) is 51.6 Å². The normalized spacial score (nSPS) is 14.6. The predicted octanol–water partition coefficient (Wildman–Crippen LogP) is 2.88. The van der Waals surface area contributed by atoms with Gasteiger partial charge in [0.15, 0.2) is 0 Å². The van der Waals surface area contributed by atoms with Crippen molar-refractivity contribution in [1.82, 2.24) is 4.67 Å². The number of hydrogen-bond acceptors (Lipinski definition) is 4. The molecule has 0 saturated heterocycles. The molecule has 0 radical (unpaired) electrons. The second-order valence-corrected chi connectivity index (χ2v) is 6.51. The fraction of sp³-hybridized carbons (Fsp3) is 1.00. The van der Waals surface area contributed by atoms with Gasteiger partial charge in [-0.25, -0.2) is 4.89 Å². The van der Waals surface area contributed by atoms with E-state index in [0.29, 0.717) is 13.0 Å². The lowest BCUT2D eigenvalue weighted by Crippen LogP contribution is -2.33. The molecule has 0 aliphatic rings. The van der Waals surface area contributed by atoms with Gasteiger partial charge in [0.1, 0.15) is 0 Å². The molecule has 2 unspecified atom stereocenters. The van der Waals surface area contributed by atoms with E-state index in [4.69, 9.17) is 15.5 Å². The van der Waals surface area contributed by atoms with Crippen LogP contribution in [0.25, 0.3) is 0 Å². The molecule has 5 nitrogen and oxygen atoms in total. The van der Waals surface area contributed by atoms with Crippen LogP contribution < -0.4 is 5.73 Å². The fourth-order valence-corrected chi connectivity index (χ4v) is 3.74. The molecule has 2 atom stereocenters. The molecule has 108 valence electrons. The van der Waals surface area contributed by atoms with Gasteiger partial charge in [-0.2, -0.15) is 4.89 Å². The van der Waals surface area contributed by atoms with Crippen LogP contribution in [-0.4, -0.2) is 36.3 Å². The standard InChI is InChI=1S/C12H28N2O3P/c1-10(2)14(11(3)4)18(15)12(17-16-5)8-6-7-9-13/h10-12H,6-9,13H2,1-5H3/q+1. The third-order valence-corrected chi connectivity index (χ3v) is 4.86. The quantitative estimate of drug-likeness (QED) is 0.288. The highest BCUT2D eigenvalue weighted by atomic mass is 31.1. The minimum atomic E-state index is -1.61. The van der Waals surface area contributed by atoms with Crippen molar-refractivity contribution in [2.75, 3.05) is 13.7 Å². The number of hydrogen-bond donors (Lipinski definition) is 1. The molecule has 0 saturated carbocycles. The van der Waals surface area contributed by atoms with Gasteiger partial charge in [-0.15, -0.1) is 0 Å². The Bertz CT molecular complexity index is 229. The summed E-state index contributed by atoms with van der Waals surface area (Å²) in [5.41, 5.74) is 5.47. The third-order valence-electron chi connectivity index (χ3n) is 2.64. The van der Waals surface area contributed by atoms with Crippen LogP contribution in [0.15, 0.2) is 0 Å². The summed E-state index contributed by atoms with van der Waals surface area (Å²) in [4.78, 5) is 9.89. The molecule has 0 aliphatic heterocycles. The lowest BCUT2D eigenvalue weighted by atomic mass is 10.2. The summed E-state index contributed by atoms with van der Waals surface area (Å²) >= 11 is 0. The van der Waals surface area contributed by atoms with Gasteiger partial charge < -0.3 is 5.73 Å². The molecule has 0 heterocycles. The van der Waals surface area contributed by atoms with Crippen LogP contribution in [0.1, 0.15) is 47.0 Å². The number of rotatable bonds is 10. The molecule has 6 heteroatoms. The summed E-state index contributed by atoms with van der Waals surface area (Å²) in [6.45, 7) is 8.80. The maximum absolute atomic E-state index is 12.5. The first-order chi connectivity index (χ1) is 8.45. The summed E-state index contributed by atoms with van der Waals surface area (Å²) in [5.74, 6) is -0.388. The van der Waals surface area contributed by atoms with Crippen molar-refractivity contribution in [2.24, 2.45) is 5.73 Å². The van der Waals surface area contributed by atoms with Crippen LogP contribution >= 0.6 is 7.95 Å². The zero-order valence-corrected chi connectivity index (χ0v) is 13.2. The Morgan fingerprint density at radius 1 is 1.17 bits per heavy atom. The van der Waals surface area contributed by atoms with Crippen molar-refractivity contribution in [3.05, 3.63) is 0 Å². The average Bonchev–Trinajstić information content (AvgIpc) is 2.27. The van der Waals surface area contributed by atoms with Crippen LogP contribution in [0.4, 0.5) is 0 Å². The Morgan fingerprint density at radius 2 is 1.72 bits per heavy atom. The molecule has 0 bridgehead atoms. The van der Waals surface area contributed by atoms with E-state index in [-0.39, 0.29) is 17.9 Å². The van der Waals surface area contributed by atoms with Crippen molar-refractivity contribution >= 4 is 7.95 Å². The van der Waals surface area contributed by atoms with E-state index in [2.05, 4.69) is 0 Å². The van der Waals surface area contributed by atoms with Crippen molar-refractivity contribution in [1.29, 1.82) is 0 Å². The van der Waals surface area contributed by atoms with E-state index < -0.39 is 7.95 Å². The van der Waals surface area contributed by atoms with Gasteiger partial charge in [0.05, 0.1) is 7.11 Å². The molecule has 2 N–H and O–H groups in total. The lowest BCUT2D eigenvalue weighted by molar-refractivity contribution is -0.286. The molecule has 0 aliphatic carbocycles. The number of nitrogens with two attached hydrogens (primary N) is 1. The molecular weight excluding hydrogens is 251 g/mol. The Hall–Kier alpha value is -0.0600. The molecule has 0 aromatic rings. The van der Waals surface area contributed by atoms with E-state index in [9.17, 15) is 4.57 Å². The monoisotopic (exact) mass is 279 g/mol. The van der Waals surface area contributed by atoms with Crippen molar-refractivity contribution in [3.63, 3.8) is 0 Å². The molecular formula is C12H28N2O3P+. The first kappa shape index (κ1) is 17.9. The fourth-order valence-electron chi connectivity index (χ4n) is 1.97. The SMILES string of the molecule is COOC(CCCCN)[P+](=O)N(C(C)C)C(C)C. The maximum atomic E-state index is 12.5. The average molecular weight is 279 g/mol. The third kappa shape index (κ3) is 6.21. The highest BCUT2D eigenvalue weighted by Crippen LogP contribution is 2.40. The maximum Gasteiger partial charge on any atom is 0.469 e. The van der Waals surface area contributed by atoms with E-state index >= 15 is 0 Å². The summed E-state index contributed by atoms with van der Waals surface area (Å²) in [6.07, 6.45) is 2.52. The van der Waals surface area contributed by atoms with Gasteiger partial charge in [0.25, 0.3) is 0 Å². The van der Waals surface area contributed by atoms with Crippen LogP contribution in [-0.2, 0) is 14.3 Å². The molecule has 18 heavy (non-hydrogen) atoms. The minimum Gasteiger partial charge on any atom is -0.330 e. The topological polar surface area (TPSA) is 64.8 Å². The Labute approximate surface area is 112 Å². The Morgan fingerprint density at radius 3 is 2.11 bits per heavy atom. The van der Waals surface area contributed by atoms with E-state index in [1.165, 1.54) is 7.11 Å². The molecule has 0 fully saturated rings. The first-order valence-electron chi connectivity index (χ1n) is 6.59. The van der Waals surface area contributed by atoms with Crippen LogP contribution in [0.3, 0.4) is 0 Å². The number of nitrogens with zero attached hydrogens (tertiary/aromatic N) is 1. The van der Waals surface area contributed by atoms with Crippen molar-refractivity contribution in [3.8, 4) is 0 Å². The van der Waals surface area contributed by atoms with E-state index in [0.717, 1.165) is 12.8 Å². The summed E-state index contributed by atoms with van der Waals surface area (Å²) in [7, 11) is -0.161. The second-order valence-electron chi connectivity index (χ2n) is 4.87. The lowest BCUT2D eigenvalue weighted by Gasteiger charge is -2.21. The molecule has 0 aromatic carbocycles. The highest BCUT2D eigenvalue weighted by molar-refractivity contribution is 7.42. The van der Waals surface area contributed by atoms with Gasteiger partial charge >= 0.3 is 13.8 Å². The Kier molecular flexibility index (Phi) is 9.78. The molecule has 0 rings (SSSR count). The summed E-state index contributed by atoms with van der Waals surface area (Å²) in [5, 5.41) is 0. The largest absolute Gasteiger partial charge is 0.469 e. The summed E-state index contributed by atoms with van der Waals surface area (Å²) < 4.78 is 14.5. The number of unbranched alkanes of at least 4 members (excludes halogenated alkanes) is 1.